The van der Waals surface area contributed by atoms with E-state index in [0.29, 0.717) is 0 Å². The van der Waals surface area contributed by atoms with Gasteiger partial charge in [-0.25, -0.2) is 4.98 Å². The Balaban J connectivity index is 1.65. The molecular weight excluding hydrogens is 288 g/mol. The van der Waals surface area contributed by atoms with Crippen LogP contribution in [0.5, 0.6) is 0 Å². The number of hydrogen-bond donors (Lipinski definition) is 1. The normalized spacial score (nSPS) is 22.0. The van der Waals surface area contributed by atoms with E-state index in [2.05, 4.69) is 44.1 Å². The molecule has 2 aromatic heterocycles. The third-order valence-corrected chi connectivity index (χ3v) is 4.68. The highest BCUT2D eigenvalue weighted by molar-refractivity contribution is 5.84. The highest BCUT2D eigenvalue weighted by atomic mass is 16.5. The van der Waals surface area contributed by atoms with Crippen molar-refractivity contribution < 1.29 is 4.74 Å². The van der Waals surface area contributed by atoms with Crippen LogP contribution in [0.4, 0.5) is 0 Å². The Labute approximate surface area is 135 Å². The Morgan fingerprint density at radius 2 is 2.26 bits per heavy atom. The van der Waals surface area contributed by atoms with E-state index in [9.17, 15) is 0 Å². The molecular formula is C18H20N4O. The van der Waals surface area contributed by atoms with Crippen LogP contribution < -0.4 is 0 Å². The standard InChI is InChI=1S/C18H20N4O/c1-23-15-9-17(18-20-7-8-21-18)22(12-15)11-14-4-2-3-13-10-19-6-5-16(13)14/h2-8,10,15,17H,9,11-12H2,1H3,(H,20,21). The third kappa shape index (κ3) is 2.73. The number of nitrogens with one attached hydrogen (secondary N) is 1. The molecule has 5 heteroatoms. The number of nitrogens with zero attached hydrogens (tertiary/aromatic N) is 3. The van der Waals surface area contributed by atoms with Crippen LogP contribution in [-0.4, -0.2) is 39.6 Å². The van der Waals surface area contributed by atoms with Gasteiger partial charge in [0.1, 0.15) is 5.82 Å². The first-order valence-electron chi connectivity index (χ1n) is 7.93. The van der Waals surface area contributed by atoms with Crippen molar-refractivity contribution in [3.05, 3.63) is 60.4 Å². The Morgan fingerprint density at radius 1 is 1.30 bits per heavy atom. The average Bonchev–Trinajstić information content (AvgIpc) is 3.24. The van der Waals surface area contributed by atoms with Crippen molar-refractivity contribution in [2.24, 2.45) is 0 Å². The van der Waals surface area contributed by atoms with Gasteiger partial charge in [-0.15, -0.1) is 0 Å². The predicted molar refractivity (Wildman–Crippen MR) is 88.9 cm³/mol. The molecule has 0 spiro atoms. The number of fused-ring (bicyclic) bond motifs is 1. The summed E-state index contributed by atoms with van der Waals surface area (Å²) in [4.78, 5) is 14.4. The first-order valence-corrected chi connectivity index (χ1v) is 7.93. The fourth-order valence-corrected chi connectivity index (χ4v) is 3.50. The van der Waals surface area contributed by atoms with E-state index in [1.165, 1.54) is 16.3 Å². The van der Waals surface area contributed by atoms with Crippen LogP contribution in [0.1, 0.15) is 23.9 Å². The Morgan fingerprint density at radius 3 is 3.09 bits per heavy atom. The number of benzene rings is 1. The smallest absolute Gasteiger partial charge is 0.123 e. The predicted octanol–water partition coefficient (Wildman–Crippen LogP) is 2.92. The summed E-state index contributed by atoms with van der Waals surface area (Å²) >= 11 is 0. The van der Waals surface area contributed by atoms with Gasteiger partial charge in [-0.1, -0.05) is 18.2 Å². The second kappa shape index (κ2) is 6.10. The molecule has 1 aliphatic heterocycles. The number of ether oxygens (including phenoxy) is 1. The molecule has 0 aliphatic carbocycles. The van der Waals surface area contributed by atoms with E-state index in [1.54, 1.807) is 7.11 Å². The molecule has 0 amide bonds. The van der Waals surface area contributed by atoms with Crippen molar-refractivity contribution in [2.75, 3.05) is 13.7 Å². The third-order valence-electron chi connectivity index (χ3n) is 4.68. The van der Waals surface area contributed by atoms with E-state index < -0.39 is 0 Å². The molecule has 1 aromatic carbocycles. The van der Waals surface area contributed by atoms with Crippen LogP contribution >= 0.6 is 0 Å². The summed E-state index contributed by atoms with van der Waals surface area (Å²) in [5.41, 5.74) is 1.32. The van der Waals surface area contributed by atoms with Crippen molar-refractivity contribution >= 4 is 10.8 Å². The highest BCUT2D eigenvalue weighted by Crippen LogP contribution is 2.33. The van der Waals surface area contributed by atoms with E-state index in [1.807, 2.05) is 24.8 Å². The first-order chi connectivity index (χ1) is 11.3. The lowest BCUT2D eigenvalue weighted by Gasteiger charge is -2.23. The SMILES string of the molecule is COC1CC(c2ncc[nH]2)N(Cc2cccc3cnccc23)C1. The van der Waals surface area contributed by atoms with Crippen molar-refractivity contribution in [1.29, 1.82) is 0 Å². The maximum absolute atomic E-state index is 5.60. The van der Waals surface area contributed by atoms with Gasteiger partial charge in [-0.05, 0) is 23.4 Å². The number of H-pyrrole nitrogens is 1. The van der Waals surface area contributed by atoms with Crippen LogP contribution in [0, 0.1) is 0 Å². The molecule has 0 radical (unpaired) electrons. The number of likely N-dealkylation sites (tertiary alicyclic amines) is 1. The lowest BCUT2D eigenvalue weighted by atomic mass is 10.1. The number of methoxy groups -OCH3 is 1. The van der Waals surface area contributed by atoms with E-state index in [4.69, 9.17) is 4.74 Å². The topological polar surface area (TPSA) is 54.0 Å². The molecule has 2 unspecified atom stereocenters. The van der Waals surface area contributed by atoms with Gasteiger partial charge >= 0.3 is 0 Å². The summed E-state index contributed by atoms with van der Waals surface area (Å²) in [7, 11) is 1.79. The summed E-state index contributed by atoms with van der Waals surface area (Å²) in [6.07, 6.45) is 8.70. The van der Waals surface area contributed by atoms with E-state index in [-0.39, 0.29) is 12.1 Å². The summed E-state index contributed by atoms with van der Waals surface area (Å²) in [6.45, 7) is 1.80. The zero-order valence-corrected chi connectivity index (χ0v) is 13.1. The quantitative estimate of drug-likeness (QED) is 0.805. The van der Waals surface area contributed by atoms with Gasteiger partial charge in [-0.3, -0.25) is 9.88 Å². The molecule has 0 saturated carbocycles. The number of hydrogen-bond acceptors (Lipinski definition) is 4. The summed E-state index contributed by atoms with van der Waals surface area (Å²) in [5, 5.41) is 2.45. The van der Waals surface area contributed by atoms with Crippen LogP contribution in [-0.2, 0) is 11.3 Å². The van der Waals surface area contributed by atoms with Gasteiger partial charge in [0.2, 0.25) is 0 Å². The molecule has 1 fully saturated rings. The van der Waals surface area contributed by atoms with Crippen LogP contribution in [0.25, 0.3) is 10.8 Å². The van der Waals surface area contributed by atoms with Gasteiger partial charge in [-0.2, -0.15) is 0 Å². The van der Waals surface area contributed by atoms with Crippen LogP contribution in [0.2, 0.25) is 0 Å². The maximum atomic E-state index is 5.60. The maximum Gasteiger partial charge on any atom is 0.123 e. The lowest BCUT2D eigenvalue weighted by molar-refractivity contribution is 0.107. The van der Waals surface area contributed by atoms with Crippen LogP contribution in [0.3, 0.4) is 0 Å². The molecule has 1 saturated heterocycles. The minimum atomic E-state index is 0.252. The summed E-state index contributed by atoms with van der Waals surface area (Å²) in [6, 6.07) is 8.77. The van der Waals surface area contributed by atoms with Crippen LogP contribution in [0.15, 0.2) is 49.1 Å². The molecule has 1 aliphatic rings. The van der Waals surface area contributed by atoms with Crippen molar-refractivity contribution in [1.82, 2.24) is 19.9 Å². The number of imidazole rings is 1. The molecule has 118 valence electrons. The minimum Gasteiger partial charge on any atom is -0.380 e. The van der Waals surface area contributed by atoms with Gasteiger partial charge in [0.15, 0.2) is 0 Å². The second-order valence-corrected chi connectivity index (χ2v) is 6.03. The molecule has 3 heterocycles. The van der Waals surface area contributed by atoms with E-state index in [0.717, 1.165) is 25.3 Å². The zero-order valence-electron chi connectivity index (χ0n) is 13.1. The number of aromatic nitrogens is 3. The Kier molecular flexibility index (Phi) is 3.81. The molecule has 5 nitrogen and oxygen atoms in total. The van der Waals surface area contributed by atoms with E-state index >= 15 is 0 Å². The molecule has 0 bridgehead atoms. The first kappa shape index (κ1) is 14.4. The molecule has 2 atom stereocenters. The van der Waals surface area contributed by atoms with Gasteiger partial charge in [0.25, 0.3) is 0 Å². The van der Waals surface area contributed by atoms with Crippen molar-refractivity contribution in [3.63, 3.8) is 0 Å². The zero-order chi connectivity index (χ0) is 15.6. The van der Waals surface area contributed by atoms with Gasteiger partial charge < -0.3 is 9.72 Å². The largest absolute Gasteiger partial charge is 0.380 e. The minimum absolute atomic E-state index is 0.252. The summed E-state index contributed by atoms with van der Waals surface area (Å²) < 4.78 is 5.60. The highest BCUT2D eigenvalue weighted by Gasteiger charge is 2.34. The number of rotatable bonds is 4. The molecule has 3 aromatic rings. The lowest BCUT2D eigenvalue weighted by Crippen LogP contribution is -2.25. The molecule has 1 N–H and O–H groups in total. The Bertz CT molecular complexity index is 781. The van der Waals surface area contributed by atoms with Crippen molar-refractivity contribution in [3.8, 4) is 0 Å². The van der Waals surface area contributed by atoms with Crippen molar-refractivity contribution in [2.45, 2.75) is 25.1 Å². The molecule has 23 heavy (non-hydrogen) atoms. The fraction of sp³-hybridized carbons (Fsp3) is 0.333. The monoisotopic (exact) mass is 308 g/mol. The number of aromatic amines is 1. The summed E-state index contributed by atoms with van der Waals surface area (Å²) in [5.74, 6) is 1.02. The van der Waals surface area contributed by atoms with Gasteiger partial charge in [0.05, 0.1) is 12.1 Å². The van der Waals surface area contributed by atoms with Gasteiger partial charge in [0, 0.05) is 50.4 Å². The number of pyridine rings is 1. The Hall–Kier alpha value is -2.24. The average molecular weight is 308 g/mol. The second-order valence-electron chi connectivity index (χ2n) is 6.03. The fourth-order valence-electron chi connectivity index (χ4n) is 3.50. The molecule has 4 rings (SSSR count).